The zero-order chi connectivity index (χ0) is 14.2. The Hall–Kier alpha value is -1.09. The third-order valence-corrected chi connectivity index (χ3v) is 4.74. The lowest BCUT2D eigenvalue weighted by atomic mass is 9.74. The second kappa shape index (κ2) is 5.36. The number of fused-ring (bicyclic) bond motifs is 1. The van der Waals surface area contributed by atoms with Gasteiger partial charge in [0.1, 0.15) is 17.2 Å². The van der Waals surface area contributed by atoms with Gasteiger partial charge in [-0.2, -0.15) is 0 Å². The number of ether oxygens (including phenoxy) is 1. The van der Waals surface area contributed by atoms with Crippen LogP contribution in [0.15, 0.2) is 18.2 Å². The molecule has 0 bridgehead atoms. The highest BCUT2D eigenvalue weighted by Gasteiger charge is 2.39. The van der Waals surface area contributed by atoms with E-state index in [1.165, 1.54) is 25.3 Å². The Labute approximate surface area is 120 Å². The van der Waals surface area contributed by atoms with Crippen LogP contribution < -0.4 is 10.1 Å². The first-order valence-corrected chi connectivity index (χ1v) is 7.81. The van der Waals surface area contributed by atoms with Gasteiger partial charge in [0.25, 0.3) is 0 Å². The predicted octanol–water partition coefficient (Wildman–Crippen LogP) is 4.21. The summed E-state index contributed by atoms with van der Waals surface area (Å²) in [5.74, 6) is 1.48. The summed E-state index contributed by atoms with van der Waals surface area (Å²) >= 11 is 0. The normalized spacial score (nSPS) is 29.4. The number of benzene rings is 1. The molecule has 1 aliphatic carbocycles. The zero-order valence-corrected chi connectivity index (χ0v) is 12.4. The van der Waals surface area contributed by atoms with E-state index in [0.29, 0.717) is 0 Å². The summed E-state index contributed by atoms with van der Waals surface area (Å²) in [6.45, 7) is 5.19. The Morgan fingerprint density at radius 1 is 1.40 bits per heavy atom. The molecule has 110 valence electrons. The molecule has 3 heteroatoms. The number of halogens is 1. The summed E-state index contributed by atoms with van der Waals surface area (Å²) < 4.78 is 19.7. The van der Waals surface area contributed by atoms with Gasteiger partial charge in [-0.15, -0.1) is 0 Å². The van der Waals surface area contributed by atoms with E-state index in [-0.39, 0.29) is 17.5 Å². The maximum Gasteiger partial charge on any atom is 0.125 e. The fourth-order valence-electron chi connectivity index (χ4n) is 3.59. The van der Waals surface area contributed by atoms with Gasteiger partial charge in [0, 0.05) is 18.0 Å². The van der Waals surface area contributed by atoms with Crippen LogP contribution in [0.4, 0.5) is 4.39 Å². The van der Waals surface area contributed by atoms with Crippen molar-refractivity contribution in [3.63, 3.8) is 0 Å². The number of nitrogens with one attached hydrogen (secondary N) is 1. The van der Waals surface area contributed by atoms with Crippen LogP contribution in [0.2, 0.25) is 0 Å². The van der Waals surface area contributed by atoms with Gasteiger partial charge in [-0.25, -0.2) is 4.39 Å². The van der Waals surface area contributed by atoms with E-state index in [1.54, 1.807) is 12.1 Å². The van der Waals surface area contributed by atoms with Crippen molar-refractivity contribution in [2.24, 2.45) is 5.92 Å². The highest BCUT2D eigenvalue weighted by molar-refractivity contribution is 5.39. The summed E-state index contributed by atoms with van der Waals surface area (Å²) in [4.78, 5) is 0. The zero-order valence-electron chi connectivity index (χ0n) is 12.4. The van der Waals surface area contributed by atoms with E-state index in [9.17, 15) is 4.39 Å². The van der Waals surface area contributed by atoms with E-state index in [2.05, 4.69) is 19.2 Å². The number of hydrogen-bond donors (Lipinski definition) is 1. The molecular weight excluding hydrogens is 253 g/mol. The molecule has 1 aliphatic heterocycles. The Kier molecular flexibility index (Phi) is 3.72. The molecule has 1 heterocycles. The smallest absolute Gasteiger partial charge is 0.125 e. The SMILES string of the molecule is CCNC1CC(C)(CC2CCC2)Oc2ccc(F)cc21. The molecule has 1 saturated carbocycles. The Morgan fingerprint density at radius 2 is 2.20 bits per heavy atom. The molecule has 0 spiro atoms. The predicted molar refractivity (Wildman–Crippen MR) is 78.4 cm³/mol. The van der Waals surface area contributed by atoms with Crippen LogP contribution in [0.5, 0.6) is 5.75 Å². The molecule has 1 fully saturated rings. The van der Waals surface area contributed by atoms with Crippen LogP contribution in [-0.2, 0) is 0 Å². The van der Waals surface area contributed by atoms with Gasteiger partial charge in [0.2, 0.25) is 0 Å². The maximum atomic E-state index is 13.5. The molecular formula is C17H24FNO. The number of rotatable bonds is 4. The molecule has 0 radical (unpaired) electrons. The molecule has 2 atom stereocenters. The summed E-state index contributed by atoms with van der Waals surface area (Å²) in [6, 6.07) is 5.10. The molecule has 1 N–H and O–H groups in total. The second-order valence-electron chi connectivity index (χ2n) is 6.55. The summed E-state index contributed by atoms with van der Waals surface area (Å²) in [7, 11) is 0. The lowest BCUT2D eigenvalue weighted by Gasteiger charge is -2.43. The van der Waals surface area contributed by atoms with E-state index in [1.807, 2.05) is 0 Å². The van der Waals surface area contributed by atoms with Gasteiger partial charge in [0.05, 0.1) is 0 Å². The first-order valence-electron chi connectivity index (χ1n) is 7.81. The van der Waals surface area contributed by atoms with Crippen molar-refractivity contribution >= 4 is 0 Å². The van der Waals surface area contributed by atoms with Gasteiger partial charge in [0.15, 0.2) is 0 Å². The third-order valence-electron chi connectivity index (χ3n) is 4.74. The van der Waals surface area contributed by atoms with Crippen molar-refractivity contribution in [3.05, 3.63) is 29.6 Å². The second-order valence-corrected chi connectivity index (χ2v) is 6.55. The third kappa shape index (κ3) is 2.69. The van der Waals surface area contributed by atoms with Gasteiger partial charge >= 0.3 is 0 Å². The average molecular weight is 277 g/mol. The monoisotopic (exact) mass is 277 g/mol. The molecule has 1 aromatic rings. The summed E-state index contributed by atoms with van der Waals surface area (Å²) in [5, 5.41) is 3.49. The molecule has 2 aliphatic rings. The van der Waals surface area contributed by atoms with Gasteiger partial charge < -0.3 is 10.1 Å². The fourth-order valence-corrected chi connectivity index (χ4v) is 3.59. The van der Waals surface area contributed by atoms with Crippen molar-refractivity contribution in [1.82, 2.24) is 5.32 Å². The lowest BCUT2D eigenvalue weighted by molar-refractivity contribution is 0.0125. The minimum Gasteiger partial charge on any atom is -0.487 e. The van der Waals surface area contributed by atoms with Crippen molar-refractivity contribution < 1.29 is 9.13 Å². The molecule has 0 aromatic heterocycles. The van der Waals surface area contributed by atoms with Crippen molar-refractivity contribution in [3.8, 4) is 5.75 Å². The minimum absolute atomic E-state index is 0.122. The fraction of sp³-hybridized carbons (Fsp3) is 0.647. The first-order chi connectivity index (χ1) is 9.59. The molecule has 20 heavy (non-hydrogen) atoms. The average Bonchev–Trinajstić information content (AvgIpc) is 2.36. The Balaban J connectivity index is 1.85. The molecule has 1 aromatic carbocycles. The Morgan fingerprint density at radius 3 is 2.85 bits per heavy atom. The highest BCUT2D eigenvalue weighted by atomic mass is 19.1. The van der Waals surface area contributed by atoms with Gasteiger partial charge in [-0.3, -0.25) is 0 Å². The largest absolute Gasteiger partial charge is 0.487 e. The topological polar surface area (TPSA) is 21.3 Å². The Bertz CT molecular complexity index is 486. The van der Waals surface area contributed by atoms with Crippen LogP contribution in [0.3, 0.4) is 0 Å². The van der Waals surface area contributed by atoms with Gasteiger partial charge in [-0.1, -0.05) is 26.2 Å². The van der Waals surface area contributed by atoms with E-state index in [0.717, 1.165) is 36.6 Å². The van der Waals surface area contributed by atoms with Crippen LogP contribution in [-0.4, -0.2) is 12.1 Å². The maximum absolute atomic E-state index is 13.5. The van der Waals surface area contributed by atoms with E-state index in [4.69, 9.17) is 4.74 Å². The summed E-state index contributed by atoms with van der Waals surface area (Å²) in [6.07, 6.45) is 6.07. The molecule has 0 saturated heterocycles. The van der Waals surface area contributed by atoms with Crippen molar-refractivity contribution in [1.29, 1.82) is 0 Å². The minimum atomic E-state index is -0.183. The van der Waals surface area contributed by atoms with Crippen LogP contribution in [0.1, 0.15) is 57.6 Å². The molecule has 2 nitrogen and oxygen atoms in total. The van der Waals surface area contributed by atoms with Crippen molar-refractivity contribution in [2.75, 3.05) is 6.54 Å². The van der Waals surface area contributed by atoms with Crippen LogP contribution >= 0.6 is 0 Å². The van der Waals surface area contributed by atoms with Crippen LogP contribution in [0, 0.1) is 11.7 Å². The molecule has 0 amide bonds. The molecule has 3 rings (SSSR count). The molecule has 2 unspecified atom stereocenters. The van der Waals surface area contributed by atoms with E-state index < -0.39 is 0 Å². The highest BCUT2D eigenvalue weighted by Crippen LogP contribution is 2.45. The standard InChI is InChI=1S/C17H24FNO/c1-3-19-15-11-17(2,10-12-5-4-6-12)20-16-8-7-13(18)9-14(15)16/h7-9,12,15,19H,3-6,10-11H2,1-2H3. The quantitative estimate of drug-likeness (QED) is 0.890. The van der Waals surface area contributed by atoms with Crippen molar-refractivity contribution in [2.45, 2.75) is 57.6 Å². The summed E-state index contributed by atoms with van der Waals surface area (Å²) in [5.41, 5.74) is 0.848. The van der Waals surface area contributed by atoms with Gasteiger partial charge in [-0.05, 0) is 44.0 Å². The lowest BCUT2D eigenvalue weighted by Crippen LogP contribution is -2.44. The van der Waals surface area contributed by atoms with E-state index >= 15 is 0 Å². The number of hydrogen-bond acceptors (Lipinski definition) is 2. The first kappa shape index (κ1) is 13.9. The van der Waals surface area contributed by atoms with Crippen LogP contribution in [0.25, 0.3) is 0 Å².